The zero-order valence-electron chi connectivity index (χ0n) is 78.4. The number of carbonyl (C=O) groups excluding carboxylic acids is 6. The maximum Gasteiger partial charge on any atom is 0.511 e. The van der Waals surface area contributed by atoms with Gasteiger partial charge in [-0.05, 0) is 64.9 Å². The van der Waals surface area contributed by atoms with E-state index >= 15 is 0 Å². The third-order valence-corrected chi connectivity index (χ3v) is 24.5. The van der Waals surface area contributed by atoms with Crippen LogP contribution in [0, 0.1) is 37.9 Å². The molecule has 0 aromatic heterocycles. The molecular formula is C74H115F26N7O27S7. The average molecular weight is 2250 g/mol. The van der Waals surface area contributed by atoms with Gasteiger partial charge in [0.2, 0.25) is 11.7 Å². The summed E-state index contributed by atoms with van der Waals surface area (Å²) in [5, 5.41) is 0. The Morgan fingerprint density at radius 2 is 0.397 bits per heavy atom. The zero-order chi connectivity index (χ0) is 114. The number of nitrogens with one attached hydrogen (secondary N) is 7. The molecule has 0 radical (unpaired) electrons. The lowest BCUT2D eigenvalue weighted by molar-refractivity contribution is -0.153. The third-order valence-electron chi connectivity index (χ3n) is 16.1. The van der Waals surface area contributed by atoms with Crippen molar-refractivity contribution in [1.82, 2.24) is 33.1 Å². The van der Waals surface area contributed by atoms with Crippen LogP contribution in [0.3, 0.4) is 0 Å². The molecule has 0 bridgehead atoms. The molecule has 0 aliphatic carbocycles. The molecule has 0 aromatic rings. The fourth-order valence-corrected chi connectivity index (χ4v) is 11.1. The van der Waals surface area contributed by atoms with E-state index in [4.69, 9.17) is 18.9 Å². The van der Waals surface area contributed by atoms with E-state index in [2.05, 4.69) is 66.8 Å². The summed E-state index contributed by atoms with van der Waals surface area (Å²) in [7, 11) is -37.6. The van der Waals surface area contributed by atoms with Crippen LogP contribution in [0.2, 0.25) is 0 Å². The molecule has 0 amide bonds. The lowest BCUT2D eigenvalue weighted by atomic mass is 9.90. The Morgan fingerprint density at radius 1 is 0.248 bits per heavy atom. The second-order valence-corrected chi connectivity index (χ2v) is 46.6. The smallest absolute Gasteiger partial charge is 0.494 e. The van der Waals surface area contributed by atoms with Crippen LogP contribution in [0.15, 0.2) is 98.9 Å². The fraction of sp³-hybridized carbons (Fsp3) is 0.703. The summed E-state index contributed by atoms with van der Waals surface area (Å²) in [5.74, 6) is -8.34. The van der Waals surface area contributed by atoms with Gasteiger partial charge >= 0.3 is 151 Å². The summed E-state index contributed by atoms with van der Waals surface area (Å²) in [5.41, 5.74) is -44.0. The molecule has 0 unspecified atom stereocenters. The molecule has 67 heteroatoms. The monoisotopic (exact) mass is 2250 g/mol. The topological polar surface area (TPSA) is 490 Å². The molecule has 0 rings (SSSR count). The summed E-state index contributed by atoms with van der Waals surface area (Å²) in [6.07, 6.45) is -2.48. The molecule has 0 fully saturated rings. The van der Waals surface area contributed by atoms with Crippen molar-refractivity contribution in [2.24, 2.45) is 37.9 Å². The van der Waals surface area contributed by atoms with Crippen LogP contribution >= 0.6 is 0 Å². The first-order chi connectivity index (χ1) is 62.0. The van der Waals surface area contributed by atoms with E-state index in [1.165, 1.54) is 94.5 Å². The van der Waals surface area contributed by atoms with E-state index in [9.17, 15) is 202 Å². The highest BCUT2D eigenvalue weighted by Gasteiger charge is 2.51. The van der Waals surface area contributed by atoms with E-state index in [-0.39, 0.29) is 102 Å². The van der Waals surface area contributed by atoms with Gasteiger partial charge in [0.25, 0.3) is 0 Å². The summed E-state index contributed by atoms with van der Waals surface area (Å²) >= 11 is 0. The van der Waals surface area contributed by atoms with Gasteiger partial charge < -0.3 is 33.2 Å². The maximum absolute atomic E-state index is 12.3. The summed E-state index contributed by atoms with van der Waals surface area (Å²) in [4.78, 5) is 65.9. The molecule has 0 saturated carbocycles. The predicted molar refractivity (Wildman–Crippen MR) is 456 cm³/mol. The number of carbonyl (C=O) groups is 6. The highest BCUT2D eigenvalue weighted by atomic mass is 32.2. The van der Waals surface area contributed by atoms with Crippen molar-refractivity contribution < 1.29 is 235 Å². The number of halogens is 26. The van der Waals surface area contributed by atoms with Gasteiger partial charge in [-0.15, -0.1) is 0 Å². The summed E-state index contributed by atoms with van der Waals surface area (Å²) in [6.45, 7) is 45.7. The van der Waals surface area contributed by atoms with Crippen molar-refractivity contribution in [1.29, 1.82) is 0 Å². The van der Waals surface area contributed by atoms with E-state index in [1.807, 2.05) is 0 Å². The third kappa shape index (κ3) is 66.7. The highest BCUT2D eigenvalue weighted by Crippen LogP contribution is 2.34. The van der Waals surface area contributed by atoms with Crippen molar-refractivity contribution in [3.05, 3.63) is 98.9 Å². The average Bonchev–Trinajstić information content (AvgIpc) is 0.853. The second kappa shape index (κ2) is 58.4. The predicted octanol–water partition coefficient (Wildman–Crippen LogP) is 14.3. The molecule has 0 saturated heterocycles. The first kappa shape index (κ1) is 146. The van der Waals surface area contributed by atoms with Crippen LogP contribution in [0.1, 0.15) is 156 Å². The van der Waals surface area contributed by atoms with Crippen molar-refractivity contribution in [2.45, 2.75) is 200 Å². The Hall–Kier alpha value is -7.91. The first-order valence-corrected chi connectivity index (χ1v) is 49.1. The van der Waals surface area contributed by atoms with E-state index in [1.54, 1.807) is 55.4 Å². The van der Waals surface area contributed by atoms with Gasteiger partial charge in [0.1, 0.15) is 11.3 Å². The van der Waals surface area contributed by atoms with Crippen LogP contribution in [0.4, 0.5) is 114 Å². The first-order valence-electron chi connectivity index (χ1n) is 38.7. The maximum atomic E-state index is 12.3. The largest absolute Gasteiger partial charge is 0.511 e. The van der Waals surface area contributed by atoms with Crippen molar-refractivity contribution >= 4 is 106 Å². The van der Waals surface area contributed by atoms with Crippen LogP contribution in [0.25, 0.3) is 0 Å². The molecular weight excluding hydrogens is 2140 g/mol. The van der Waals surface area contributed by atoms with Gasteiger partial charge in [-0.2, -0.15) is 114 Å². The Morgan fingerprint density at radius 3 is 0.532 bits per heavy atom. The quantitative estimate of drug-likeness (QED) is 0.00742. The van der Waals surface area contributed by atoms with Crippen molar-refractivity contribution in [3.63, 3.8) is 0 Å². The normalized spacial score (nSPS) is 13.2. The number of esters is 6. The minimum Gasteiger partial charge on any atom is -0.494 e. The Kier molecular flexibility index (Phi) is 60.5. The van der Waals surface area contributed by atoms with E-state index < -0.39 is 252 Å². The molecule has 0 aliphatic rings. The minimum atomic E-state index is -5.50. The Bertz CT molecular complexity index is 4580. The van der Waals surface area contributed by atoms with Crippen LogP contribution < -0.4 is 33.1 Å². The minimum absolute atomic E-state index is 0.0473. The number of allylic oxidation sites excluding steroid dienone is 1. The standard InChI is InChI=1S/C11H15F6NO4S.2C11H18F3NO4S.C11H18F3NO3S.2C10H15F4NO4S.C10H16F3NO4S/c1-7(10(12,13)14)8(19)22-6-9(2,3)4-5-18-23(20,21)11(15,16)17;2*1-8(2)9(16)19-7-10(3,4)5-6-15-20(17,18)11(12,13)14;1-5-9(2)18-8-10(3,4)6-7-15-19(16,17)11(12,13)14;2*1-7(11)8(16)19-6-9(2,3)4-5-15-20(17,18)10(12,13)14;1-4-8(15)18-7-9(2,3)5-6-14-19(16,17)10(11,12)13/h18H,1,4-6H2,2-3H3;2*15H,1,5-7H2,2-4H3;5,15H,1-2,6-8H2,3-4H3;2*15H,1,4-6H2,2-3H3;4,14H,1,5-7H2,2-3H3. The number of alkyl halides is 24. The molecule has 0 aromatic carbocycles. The van der Waals surface area contributed by atoms with Crippen LogP contribution in [-0.2, 0) is 132 Å². The Labute approximate surface area is 799 Å². The van der Waals surface area contributed by atoms with Gasteiger partial charge in [0, 0.05) is 101 Å². The molecule has 0 heterocycles. The van der Waals surface area contributed by atoms with Crippen LogP contribution in [0.5, 0.6) is 0 Å². The van der Waals surface area contributed by atoms with Crippen molar-refractivity contribution in [3.8, 4) is 0 Å². The Balaban J connectivity index is -0.000000297. The second-order valence-electron chi connectivity index (χ2n) is 34.3. The van der Waals surface area contributed by atoms with Gasteiger partial charge in [-0.3, -0.25) is 0 Å². The molecule has 34 nitrogen and oxygen atoms in total. The van der Waals surface area contributed by atoms with Crippen LogP contribution in [-0.4, -0.2) is 232 Å². The highest BCUT2D eigenvalue weighted by molar-refractivity contribution is 7.92. The lowest BCUT2D eigenvalue weighted by Gasteiger charge is -2.25. The van der Waals surface area contributed by atoms with Gasteiger partial charge in [0.05, 0.1) is 46.2 Å². The van der Waals surface area contributed by atoms with Gasteiger partial charge in [-0.1, -0.05) is 150 Å². The molecule has 0 atom stereocenters. The molecule has 141 heavy (non-hydrogen) atoms. The molecule has 0 spiro atoms. The van der Waals surface area contributed by atoms with E-state index in [0.717, 1.165) is 6.08 Å². The number of sulfonamides is 7. The molecule has 0 aliphatic heterocycles. The molecule has 7 N–H and O–H groups in total. The number of hydrogen-bond acceptors (Lipinski definition) is 27. The summed E-state index contributed by atoms with van der Waals surface area (Å²) < 4.78 is 508. The number of rotatable bonds is 50. The van der Waals surface area contributed by atoms with Crippen molar-refractivity contribution in [2.75, 3.05) is 92.1 Å². The number of hydrogen-bond donors (Lipinski definition) is 7. The zero-order valence-corrected chi connectivity index (χ0v) is 84.1. The summed E-state index contributed by atoms with van der Waals surface area (Å²) in [6, 6.07) is 0. The number of ether oxygens (including phenoxy) is 7. The SMILES string of the molecule is C=C(C(=O)OCC(C)(C)CCNS(=O)(=O)C(F)(F)F)C(F)(F)F.C=C(C)C(=O)OCC(C)(C)CCNS(=O)(=O)C(F)(F)F.C=C(C)C(=O)OCC(C)(C)CCNS(=O)(=O)C(F)(F)F.C=C(F)C(=O)OCC(C)(C)CCNS(=O)(=O)C(F)(F)F.C=C(F)C(=O)OCC(C)(C)CCNS(=O)(=O)C(F)(F)F.C=CC(=C)OCC(C)(C)CCNS(=O)(=O)C(F)(F)F.C=CC(=O)OCC(C)(C)CCNS(=O)(=O)C(F)(F)F. The fourth-order valence-electron chi connectivity index (χ4n) is 7.33. The van der Waals surface area contributed by atoms with E-state index in [0.29, 0.717) is 5.76 Å². The lowest BCUT2D eigenvalue weighted by Crippen LogP contribution is -2.38. The molecule has 832 valence electrons. The van der Waals surface area contributed by atoms with Gasteiger partial charge in [0.15, 0.2) is 0 Å². The van der Waals surface area contributed by atoms with Gasteiger partial charge in [-0.25, -0.2) is 121 Å².